The Morgan fingerprint density at radius 2 is 2.10 bits per heavy atom. The molecule has 0 amide bonds. The number of rotatable bonds is 4. The lowest BCUT2D eigenvalue weighted by molar-refractivity contribution is 0.397. The van der Waals surface area contributed by atoms with Crippen LogP contribution in [0.3, 0.4) is 0 Å². The van der Waals surface area contributed by atoms with Crippen LogP contribution in [0.5, 0.6) is 5.88 Å². The van der Waals surface area contributed by atoms with Gasteiger partial charge in [0.05, 0.1) is 18.5 Å². The molecule has 21 heavy (non-hydrogen) atoms. The van der Waals surface area contributed by atoms with E-state index in [1.54, 1.807) is 44.5 Å². The summed E-state index contributed by atoms with van der Waals surface area (Å²) in [4.78, 5) is 8.22. The van der Waals surface area contributed by atoms with E-state index in [4.69, 9.17) is 27.9 Å². The van der Waals surface area contributed by atoms with Crippen molar-refractivity contribution in [3.63, 3.8) is 0 Å². The molecule has 0 saturated heterocycles. The van der Waals surface area contributed by atoms with Crippen molar-refractivity contribution in [2.45, 2.75) is 6.92 Å². The third-order valence-electron chi connectivity index (χ3n) is 2.71. The Morgan fingerprint density at radius 3 is 2.76 bits per heavy atom. The van der Waals surface area contributed by atoms with E-state index in [2.05, 4.69) is 9.97 Å². The fraction of sp³-hybridized carbons (Fsp3) is 0.143. The van der Waals surface area contributed by atoms with Gasteiger partial charge in [-0.05, 0) is 25.1 Å². The van der Waals surface area contributed by atoms with Crippen molar-refractivity contribution < 1.29 is 4.74 Å². The first kappa shape index (κ1) is 15.1. The fourth-order valence-electron chi connectivity index (χ4n) is 1.83. The Morgan fingerprint density at radius 1 is 1.33 bits per heavy atom. The Kier molecular flexibility index (Phi) is 4.62. The fourth-order valence-corrected chi connectivity index (χ4v) is 2.00. The van der Waals surface area contributed by atoms with Crippen LogP contribution in [-0.2, 0) is 0 Å². The van der Waals surface area contributed by atoms with Crippen LogP contribution >= 0.6 is 11.6 Å². The molecule has 110 valence electrons. The maximum atomic E-state index is 6.08. The molecule has 6 nitrogen and oxygen atoms in total. The van der Waals surface area contributed by atoms with E-state index in [0.29, 0.717) is 28.0 Å². The number of hydrazine groups is 1. The van der Waals surface area contributed by atoms with Crippen molar-refractivity contribution in [2.24, 2.45) is 11.6 Å². The summed E-state index contributed by atoms with van der Waals surface area (Å²) in [5.74, 6) is 6.47. The zero-order chi connectivity index (χ0) is 15.4. The van der Waals surface area contributed by atoms with E-state index in [-0.39, 0.29) is 0 Å². The lowest BCUT2D eigenvalue weighted by Gasteiger charge is -2.18. The maximum absolute atomic E-state index is 6.08. The van der Waals surface area contributed by atoms with E-state index < -0.39 is 0 Å². The topological polar surface area (TPSA) is 90.3 Å². The molecule has 1 heterocycles. The average Bonchev–Trinajstić information content (AvgIpc) is 2.46. The first-order valence-corrected chi connectivity index (χ1v) is 6.53. The number of aromatic nitrogens is 2. The first-order chi connectivity index (χ1) is 10.0. The molecule has 1 aromatic heterocycles. The predicted octanol–water partition coefficient (Wildman–Crippen LogP) is 2.31. The summed E-state index contributed by atoms with van der Waals surface area (Å²) in [6.07, 6.45) is 3.04. The van der Waals surface area contributed by atoms with Crippen LogP contribution in [0.25, 0.3) is 11.3 Å². The van der Waals surface area contributed by atoms with Gasteiger partial charge in [-0.3, -0.25) is 5.01 Å². The molecule has 0 fully saturated rings. The largest absolute Gasteiger partial charge is 0.481 e. The molecule has 4 N–H and O–H groups in total. The SMILES string of the molecule is COc1cc(-c2cc(Cl)ccc2N(N)/C=C(/C)N)ncn1. The number of ether oxygens (including phenoxy) is 1. The Bertz CT molecular complexity index is 670. The number of nitrogens with zero attached hydrogens (tertiary/aromatic N) is 3. The summed E-state index contributed by atoms with van der Waals surface area (Å²) in [7, 11) is 1.54. The van der Waals surface area contributed by atoms with E-state index >= 15 is 0 Å². The first-order valence-electron chi connectivity index (χ1n) is 6.15. The number of anilines is 1. The lowest BCUT2D eigenvalue weighted by atomic mass is 10.1. The van der Waals surface area contributed by atoms with Gasteiger partial charge in [-0.2, -0.15) is 0 Å². The molecule has 0 atom stereocenters. The van der Waals surface area contributed by atoms with E-state index in [9.17, 15) is 0 Å². The summed E-state index contributed by atoms with van der Waals surface area (Å²) in [6, 6.07) is 7.03. The molecule has 0 aliphatic carbocycles. The van der Waals surface area contributed by atoms with E-state index in [1.807, 2.05) is 0 Å². The third kappa shape index (κ3) is 3.62. The Balaban J connectivity index is 2.55. The number of benzene rings is 1. The number of hydrogen-bond acceptors (Lipinski definition) is 6. The number of methoxy groups -OCH3 is 1. The van der Waals surface area contributed by atoms with Crippen molar-refractivity contribution in [2.75, 3.05) is 12.1 Å². The minimum Gasteiger partial charge on any atom is -0.481 e. The zero-order valence-electron chi connectivity index (χ0n) is 11.7. The van der Waals surface area contributed by atoms with Gasteiger partial charge in [0, 0.05) is 28.5 Å². The molecule has 0 aliphatic rings. The minimum absolute atomic E-state index is 0.458. The molecule has 1 aromatic carbocycles. The summed E-state index contributed by atoms with van der Waals surface area (Å²) in [6.45, 7) is 1.75. The van der Waals surface area contributed by atoms with Gasteiger partial charge in [0.15, 0.2) is 0 Å². The Hall–Kier alpha value is -2.31. The monoisotopic (exact) mass is 305 g/mol. The average molecular weight is 306 g/mol. The van der Waals surface area contributed by atoms with Crippen LogP contribution in [0.2, 0.25) is 5.02 Å². The number of hydrogen-bond donors (Lipinski definition) is 2. The van der Waals surface area contributed by atoms with Gasteiger partial charge in [0.25, 0.3) is 0 Å². The van der Waals surface area contributed by atoms with Gasteiger partial charge in [-0.25, -0.2) is 15.8 Å². The van der Waals surface area contributed by atoms with Gasteiger partial charge in [-0.15, -0.1) is 0 Å². The van der Waals surface area contributed by atoms with Crippen LogP contribution in [0, 0.1) is 0 Å². The second-order valence-corrected chi connectivity index (χ2v) is 4.82. The summed E-state index contributed by atoms with van der Waals surface area (Å²) >= 11 is 6.08. The maximum Gasteiger partial charge on any atom is 0.216 e. The van der Waals surface area contributed by atoms with Crippen LogP contribution in [-0.4, -0.2) is 17.1 Å². The highest BCUT2D eigenvalue weighted by Crippen LogP contribution is 2.32. The summed E-state index contributed by atoms with van der Waals surface area (Å²) in [5, 5.41) is 2.00. The smallest absolute Gasteiger partial charge is 0.216 e. The predicted molar refractivity (Wildman–Crippen MR) is 83.6 cm³/mol. The van der Waals surface area contributed by atoms with Crippen LogP contribution in [0.4, 0.5) is 5.69 Å². The van der Waals surface area contributed by atoms with E-state index in [0.717, 1.165) is 5.56 Å². The van der Waals surface area contributed by atoms with Crippen molar-refractivity contribution >= 4 is 17.3 Å². The van der Waals surface area contributed by atoms with Crippen LogP contribution < -0.4 is 21.3 Å². The molecule has 0 aliphatic heterocycles. The van der Waals surface area contributed by atoms with Gasteiger partial charge in [-0.1, -0.05) is 11.6 Å². The molecule has 2 aromatic rings. The molecule has 0 unspecified atom stereocenters. The van der Waals surface area contributed by atoms with Crippen molar-refractivity contribution in [1.29, 1.82) is 0 Å². The summed E-state index contributed by atoms with van der Waals surface area (Å²) < 4.78 is 5.11. The Labute approximate surface area is 128 Å². The van der Waals surface area contributed by atoms with Crippen molar-refractivity contribution in [3.8, 4) is 17.1 Å². The normalized spacial score (nSPS) is 11.3. The van der Waals surface area contributed by atoms with Gasteiger partial charge in [0.1, 0.15) is 6.33 Å². The number of halogens is 1. The third-order valence-corrected chi connectivity index (χ3v) is 2.94. The molecule has 0 bridgehead atoms. The van der Waals surface area contributed by atoms with Gasteiger partial charge in [0.2, 0.25) is 5.88 Å². The molecule has 2 rings (SSSR count). The summed E-state index contributed by atoms with van der Waals surface area (Å²) in [5.41, 5.74) is 8.36. The highest BCUT2D eigenvalue weighted by Gasteiger charge is 2.12. The van der Waals surface area contributed by atoms with Crippen LogP contribution in [0.15, 0.2) is 42.5 Å². The lowest BCUT2D eigenvalue weighted by Crippen LogP contribution is -2.26. The van der Waals surface area contributed by atoms with Gasteiger partial charge >= 0.3 is 0 Å². The number of allylic oxidation sites excluding steroid dienone is 1. The quantitative estimate of drug-likeness (QED) is 0.665. The standard InChI is InChI=1S/C14H16ClN5O/c1-9(16)7-20(17)13-4-3-10(15)5-11(13)12-6-14(21-2)19-8-18-12/h3-8H,16-17H2,1-2H3/b9-7-. The molecule has 0 radical (unpaired) electrons. The molecular formula is C14H16ClN5O. The molecule has 0 saturated carbocycles. The molecule has 7 heteroatoms. The van der Waals surface area contributed by atoms with Crippen molar-refractivity contribution in [1.82, 2.24) is 9.97 Å². The van der Waals surface area contributed by atoms with Crippen LogP contribution in [0.1, 0.15) is 6.92 Å². The zero-order valence-corrected chi connectivity index (χ0v) is 12.5. The van der Waals surface area contributed by atoms with Crippen molar-refractivity contribution in [3.05, 3.63) is 47.5 Å². The molecular weight excluding hydrogens is 290 g/mol. The number of nitrogens with two attached hydrogens (primary N) is 2. The second-order valence-electron chi connectivity index (χ2n) is 4.39. The molecule has 0 spiro atoms. The highest BCUT2D eigenvalue weighted by molar-refractivity contribution is 6.31. The highest BCUT2D eigenvalue weighted by atomic mass is 35.5. The minimum atomic E-state index is 0.458. The van der Waals surface area contributed by atoms with Gasteiger partial charge < -0.3 is 10.5 Å². The van der Waals surface area contributed by atoms with E-state index in [1.165, 1.54) is 11.3 Å². The second kappa shape index (κ2) is 6.43.